The molecule has 1 fully saturated rings. The first kappa shape index (κ1) is 13.6. The van der Waals surface area contributed by atoms with Crippen LogP contribution in [0, 0.1) is 0 Å². The standard InChI is InChI=1S/C14H25N3O/c1-13(2,3)17-11-12(10-16-17)9-15-14(4)5-7-18-8-6-14/h10-11,15H,5-9H2,1-4H3. The highest BCUT2D eigenvalue weighted by Crippen LogP contribution is 2.20. The average Bonchev–Trinajstić information content (AvgIpc) is 2.76. The predicted molar refractivity (Wildman–Crippen MR) is 72.5 cm³/mol. The Morgan fingerprint density at radius 1 is 1.39 bits per heavy atom. The van der Waals surface area contributed by atoms with E-state index >= 15 is 0 Å². The van der Waals surface area contributed by atoms with Gasteiger partial charge in [-0.3, -0.25) is 4.68 Å². The summed E-state index contributed by atoms with van der Waals surface area (Å²) < 4.78 is 7.43. The Morgan fingerprint density at radius 2 is 2.06 bits per heavy atom. The predicted octanol–water partition coefficient (Wildman–Crippen LogP) is 2.30. The molecule has 0 atom stereocenters. The van der Waals surface area contributed by atoms with Gasteiger partial charge in [0.1, 0.15) is 0 Å². The van der Waals surface area contributed by atoms with Crippen LogP contribution in [-0.4, -0.2) is 28.5 Å². The highest BCUT2D eigenvalue weighted by atomic mass is 16.5. The zero-order valence-corrected chi connectivity index (χ0v) is 12.0. The van der Waals surface area contributed by atoms with Gasteiger partial charge in [0.05, 0.1) is 11.7 Å². The van der Waals surface area contributed by atoms with Crippen LogP contribution in [0.25, 0.3) is 0 Å². The number of nitrogens with one attached hydrogen (secondary N) is 1. The van der Waals surface area contributed by atoms with E-state index in [-0.39, 0.29) is 11.1 Å². The molecule has 0 spiro atoms. The number of nitrogens with zero attached hydrogens (tertiary/aromatic N) is 2. The van der Waals surface area contributed by atoms with Crippen LogP contribution in [0.1, 0.15) is 46.1 Å². The molecular formula is C14H25N3O. The van der Waals surface area contributed by atoms with Crippen LogP contribution in [0.4, 0.5) is 0 Å². The van der Waals surface area contributed by atoms with E-state index in [2.05, 4.69) is 44.3 Å². The lowest BCUT2D eigenvalue weighted by molar-refractivity contribution is 0.0446. The summed E-state index contributed by atoms with van der Waals surface area (Å²) >= 11 is 0. The first-order valence-electron chi connectivity index (χ1n) is 6.76. The highest BCUT2D eigenvalue weighted by Gasteiger charge is 2.26. The number of aromatic nitrogens is 2. The molecule has 1 saturated heterocycles. The maximum absolute atomic E-state index is 5.41. The summed E-state index contributed by atoms with van der Waals surface area (Å²) in [6.45, 7) is 11.4. The van der Waals surface area contributed by atoms with E-state index in [9.17, 15) is 0 Å². The SMILES string of the molecule is CC1(NCc2cnn(C(C)(C)C)c2)CCOCC1. The lowest BCUT2D eigenvalue weighted by Crippen LogP contribution is -2.46. The topological polar surface area (TPSA) is 39.1 Å². The highest BCUT2D eigenvalue weighted by molar-refractivity contribution is 5.06. The van der Waals surface area contributed by atoms with E-state index in [4.69, 9.17) is 4.74 Å². The van der Waals surface area contributed by atoms with Crippen molar-refractivity contribution in [1.82, 2.24) is 15.1 Å². The van der Waals surface area contributed by atoms with Crippen molar-refractivity contribution in [2.75, 3.05) is 13.2 Å². The Labute approximate surface area is 110 Å². The Kier molecular flexibility index (Phi) is 3.78. The monoisotopic (exact) mass is 251 g/mol. The fraction of sp³-hybridized carbons (Fsp3) is 0.786. The molecule has 1 aromatic heterocycles. The minimum absolute atomic E-state index is 0.0564. The van der Waals surface area contributed by atoms with Crippen LogP contribution >= 0.6 is 0 Å². The molecule has 1 aliphatic rings. The summed E-state index contributed by atoms with van der Waals surface area (Å²) in [5, 5.41) is 8.07. The molecule has 0 unspecified atom stereocenters. The second kappa shape index (κ2) is 5.02. The molecule has 0 aromatic carbocycles. The zero-order valence-electron chi connectivity index (χ0n) is 12.0. The molecule has 4 nitrogen and oxygen atoms in total. The molecule has 2 heterocycles. The summed E-state index contributed by atoms with van der Waals surface area (Å²) in [6.07, 6.45) is 6.26. The van der Waals surface area contributed by atoms with Crippen molar-refractivity contribution >= 4 is 0 Å². The first-order chi connectivity index (χ1) is 8.39. The quantitative estimate of drug-likeness (QED) is 0.896. The molecule has 0 amide bonds. The Morgan fingerprint density at radius 3 is 2.61 bits per heavy atom. The minimum atomic E-state index is 0.0564. The van der Waals surface area contributed by atoms with Gasteiger partial charge in [-0.25, -0.2) is 0 Å². The van der Waals surface area contributed by atoms with Crippen molar-refractivity contribution in [2.24, 2.45) is 0 Å². The number of hydrogen-bond donors (Lipinski definition) is 1. The molecule has 1 aromatic rings. The van der Waals surface area contributed by atoms with E-state index < -0.39 is 0 Å². The van der Waals surface area contributed by atoms with Crippen LogP contribution in [0.2, 0.25) is 0 Å². The minimum Gasteiger partial charge on any atom is -0.381 e. The van der Waals surface area contributed by atoms with Crippen molar-refractivity contribution in [3.63, 3.8) is 0 Å². The van der Waals surface area contributed by atoms with Gasteiger partial charge in [0.2, 0.25) is 0 Å². The number of rotatable bonds is 3. The molecule has 102 valence electrons. The third kappa shape index (κ3) is 3.33. The average molecular weight is 251 g/mol. The maximum atomic E-state index is 5.41. The third-order valence-electron chi connectivity index (χ3n) is 3.64. The first-order valence-corrected chi connectivity index (χ1v) is 6.76. The van der Waals surface area contributed by atoms with Crippen molar-refractivity contribution < 1.29 is 4.74 Å². The van der Waals surface area contributed by atoms with Crippen LogP contribution in [0.3, 0.4) is 0 Å². The second-order valence-electron chi connectivity index (χ2n) is 6.49. The van der Waals surface area contributed by atoms with Gasteiger partial charge >= 0.3 is 0 Å². The third-order valence-corrected chi connectivity index (χ3v) is 3.64. The molecule has 0 bridgehead atoms. The summed E-state index contributed by atoms with van der Waals surface area (Å²) in [4.78, 5) is 0. The second-order valence-corrected chi connectivity index (χ2v) is 6.49. The van der Waals surface area contributed by atoms with Gasteiger partial charge in [-0.1, -0.05) is 0 Å². The largest absolute Gasteiger partial charge is 0.381 e. The molecule has 1 N–H and O–H groups in total. The van der Waals surface area contributed by atoms with Gasteiger partial charge in [-0.05, 0) is 40.5 Å². The van der Waals surface area contributed by atoms with Crippen LogP contribution in [0.15, 0.2) is 12.4 Å². The van der Waals surface area contributed by atoms with Crippen LogP contribution in [0.5, 0.6) is 0 Å². The van der Waals surface area contributed by atoms with Crippen LogP contribution in [-0.2, 0) is 16.8 Å². The number of ether oxygens (including phenoxy) is 1. The molecule has 18 heavy (non-hydrogen) atoms. The Hall–Kier alpha value is -0.870. The lowest BCUT2D eigenvalue weighted by Gasteiger charge is -2.34. The fourth-order valence-electron chi connectivity index (χ4n) is 2.13. The van der Waals surface area contributed by atoms with Crippen molar-refractivity contribution in [1.29, 1.82) is 0 Å². The van der Waals surface area contributed by atoms with Gasteiger partial charge in [-0.15, -0.1) is 0 Å². The Balaban J connectivity index is 1.92. The fourth-order valence-corrected chi connectivity index (χ4v) is 2.13. The summed E-state index contributed by atoms with van der Waals surface area (Å²) in [5.41, 5.74) is 1.51. The zero-order chi connectivity index (χ0) is 13.2. The molecule has 1 aliphatic heterocycles. The van der Waals surface area contributed by atoms with E-state index in [1.54, 1.807) is 0 Å². The summed E-state index contributed by atoms with van der Waals surface area (Å²) in [5.74, 6) is 0. The molecule has 2 rings (SSSR count). The number of hydrogen-bond acceptors (Lipinski definition) is 3. The van der Waals surface area contributed by atoms with E-state index in [0.29, 0.717) is 0 Å². The Bertz CT molecular complexity index is 386. The lowest BCUT2D eigenvalue weighted by atomic mass is 9.92. The smallest absolute Gasteiger partial charge is 0.0543 e. The molecule has 0 saturated carbocycles. The van der Waals surface area contributed by atoms with Gasteiger partial charge in [0.25, 0.3) is 0 Å². The normalized spacial score (nSPS) is 20.0. The molecular weight excluding hydrogens is 226 g/mol. The van der Waals surface area contributed by atoms with Crippen LogP contribution < -0.4 is 5.32 Å². The van der Waals surface area contributed by atoms with E-state index in [1.165, 1.54) is 5.56 Å². The van der Waals surface area contributed by atoms with Crippen molar-refractivity contribution in [3.8, 4) is 0 Å². The van der Waals surface area contributed by atoms with Gasteiger partial charge < -0.3 is 10.1 Å². The van der Waals surface area contributed by atoms with Gasteiger partial charge in [0.15, 0.2) is 0 Å². The van der Waals surface area contributed by atoms with E-state index in [0.717, 1.165) is 32.6 Å². The van der Waals surface area contributed by atoms with Gasteiger partial charge in [-0.2, -0.15) is 5.10 Å². The molecule has 4 heteroatoms. The molecule has 0 radical (unpaired) electrons. The van der Waals surface area contributed by atoms with E-state index in [1.807, 2.05) is 10.9 Å². The van der Waals surface area contributed by atoms with Crippen molar-refractivity contribution in [2.45, 2.75) is 58.2 Å². The van der Waals surface area contributed by atoms with Crippen molar-refractivity contribution in [3.05, 3.63) is 18.0 Å². The molecule has 0 aliphatic carbocycles. The summed E-state index contributed by atoms with van der Waals surface area (Å²) in [7, 11) is 0. The van der Waals surface area contributed by atoms with Gasteiger partial charge in [0, 0.05) is 37.1 Å². The maximum Gasteiger partial charge on any atom is 0.0543 e. The summed E-state index contributed by atoms with van der Waals surface area (Å²) in [6, 6.07) is 0.